The number of carbonyl (C=O) groups is 1. The monoisotopic (exact) mass is 310 g/mol. The van der Waals surface area contributed by atoms with Crippen LogP contribution in [-0.2, 0) is 9.53 Å². The Kier molecular flexibility index (Phi) is 4.58. The van der Waals surface area contributed by atoms with Crippen LogP contribution in [0.3, 0.4) is 0 Å². The Balaban J connectivity index is 1.59. The molecule has 0 aromatic carbocycles. The number of allylic oxidation sites excluding steroid dienone is 1. The van der Waals surface area contributed by atoms with E-state index in [0.717, 1.165) is 12.0 Å². The maximum atomic E-state index is 11.9. The van der Waals surface area contributed by atoms with E-state index in [4.69, 9.17) is 9.84 Å². The quantitative estimate of drug-likeness (QED) is 0.504. The van der Waals surface area contributed by atoms with Crippen LogP contribution in [0.4, 0.5) is 0 Å². The second-order valence-corrected chi connectivity index (χ2v) is 6.17. The molecule has 0 radical (unpaired) electrons. The van der Waals surface area contributed by atoms with E-state index in [1.54, 1.807) is 0 Å². The third-order valence-electron chi connectivity index (χ3n) is 4.59. The zero-order valence-electron chi connectivity index (χ0n) is 12.3. The highest BCUT2D eigenvalue weighted by atomic mass is 16.6. The summed E-state index contributed by atoms with van der Waals surface area (Å²) in [5.74, 6) is 0.0456. The van der Waals surface area contributed by atoms with Crippen LogP contribution in [-0.4, -0.2) is 64.6 Å². The molecule has 3 rings (SSSR count). The van der Waals surface area contributed by atoms with Gasteiger partial charge in [0.25, 0.3) is 0 Å². The number of hydrogen-bond acceptors (Lipinski definition) is 6. The number of hydrogen-bond donors (Lipinski definition) is 4. The van der Waals surface area contributed by atoms with Gasteiger partial charge in [-0.15, -0.1) is 0 Å². The molecule has 6 atom stereocenters. The number of rotatable bonds is 4. The number of aliphatic hydroxyl groups excluding tert-OH is 3. The molecule has 22 heavy (non-hydrogen) atoms. The predicted molar refractivity (Wildman–Crippen MR) is 78.2 cm³/mol. The SMILES string of the molecule is O=C1CC(CCC2OC(CO)C(O)C2O)C=C2CC=NC2N1. The molecule has 0 bridgehead atoms. The molecule has 3 aliphatic rings. The molecular formula is C15H22N2O5. The van der Waals surface area contributed by atoms with E-state index >= 15 is 0 Å². The first-order valence-corrected chi connectivity index (χ1v) is 7.72. The van der Waals surface area contributed by atoms with E-state index in [-0.39, 0.29) is 24.6 Å². The minimum Gasteiger partial charge on any atom is -0.394 e. The van der Waals surface area contributed by atoms with Crippen molar-refractivity contribution in [3.05, 3.63) is 11.6 Å². The van der Waals surface area contributed by atoms with Crippen LogP contribution in [0.2, 0.25) is 0 Å². The van der Waals surface area contributed by atoms with Crippen LogP contribution >= 0.6 is 0 Å². The van der Waals surface area contributed by atoms with Crippen LogP contribution in [0.15, 0.2) is 16.6 Å². The van der Waals surface area contributed by atoms with E-state index in [1.807, 2.05) is 6.21 Å². The number of amides is 1. The van der Waals surface area contributed by atoms with Crippen molar-refractivity contribution in [1.82, 2.24) is 5.32 Å². The molecule has 122 valence electrons. The molecule has 1 amide bonds. The van der Waals surface area contributed by atoms with Crippen molar-refractivity contribution in [3.8, 4) is 0 Å². The number of carbonyl (C=O) groups excluding carboxylic acids is 1. The van der Waals surface area contributed by atoms with Crippen molar-refractivity contribution in [2.75, 3.05) is 6.61 Å². The normalized spacial score (nSPS) is 41.0. The lowest BCUT2D eigenvalue weighted by Gasteiger charge is -2.17. The molecule has 0 aromatic rings. The lowest BCUT2D eigenvalue weighted by Crippen LogP contribution is -2.34. The summed E-state index contributed by atoms with van der Waals surface area (Å²) in [6.45, 7) is -0.316. The molecule has 0 saturated carbocycles. The number of aliphatic imine (C=N–C) groups is 1. The third-order valence-corrected chi connectivity index (χ3v) is 4.59. The standard InChI is InChI=1S/C15H22N2O5/c18-7-11-14(21)13(20)10(22-11)2-1-8-5-9-3-4-16-15(9)17-12(19)6-8/h4-5,8,10-11,13-15,18,20-21H,1-3,6-7H2,(H,17,19). The minimum absolute atomic E-state index is 0.0264. The summed E-state index contributed by atoms with van der Waals surface area (Å²) >= 11 is 0. The summed E-state index contributed by atoms with van der Waals surface area (Å²) < 4.78 is 5.47. The van der Waals surface area contributed by atoms with E-state index in [0.29, 0.717) is 19.3 Å². The van der Waals surface area contributed by atoms with Gasteiger partial charge >= 0.3 is 0 Å². The highest BCUT2D eigenvalue weighted by molar-refractivity contribution is 5.79. The number of ether oxygens (including phenoxy) is 1. The Labute approximate surface area is 128 Å². The lowest BCUT2D eigenvalue weighted by atomic mass is 9.93. The zero-order valence-corrected chi connectivity index (χ0v) is 12.3. The van der Waals surface area contributed by atoms with Crippen molar-refractivity contribution < 1.29 is 24.9 Å². The van der Waals surface area contributed by atoms with Gasteiger partial charge in [0.1, 0.15) is 24.5 Å². The highest BCUT2D eigenvalue weighted by Gasteiger charge is 2.42. The fourth-order valence-corrected chi connectivity index (χ4v) is 3.35. The molecule has 0 aromatic heterocycles. The van der Waals surface area contributed by atoms with E-state index in [2.05, 4.69) is 16.4 Å². The molecule has 7 nitrogen and oxygen atoms in total. The Morgan fingerprint density at radius 3 is 2.77 bits per heavy atom. The van der Waals surface area contributed by atoms with Gasteiger partial charge in [-0.2, -0.15) is 0 Å². The van der Waals surface area contributed by atoms with Crippen LogP contribution in [0.25, 0.3) is 0 Å². The van der Waals surface area contributed by atoms with Gasteiger partial charge in [0, 0.05) is 19.1 Å². The molecular weight excluding hydrogens is 288 g/mol. The van der Waals surface area contributed by atoms with Crippen molar-refractivity contribution in [2.24, 2.45) is 10.9 Å². The van der Waals surface area contributed by atoms with Gasteiger partial charge < -0.3 is 25.4 Å². The molecule has 1 saturated heterocycles. The average Bonchev–Trinajstić information content (AvgIpc) is 2.98. The van der Waals surface area contributed by atoms with Gasteiger partial charge in [-0.3, -0.25) is 9.79 Å². The summed E-state index contributed by atoms with van der Waals surface area (Å²) in [6.07, 6.45) is 2.76. The van der Waals surface area contributed by atoms with E-state index in [9.17, 15) is 15.0 Å². The summed E-state index contributed by atoms with van der Waals surface area (Å²) in [5.41, 5.74) is 1.11. The van der Waals surface area contributed by atoms with Crippen LogP contribution in [0, 0.1) is 5.92 Å². The van der Waals surface area contributed by atoms with Crippen molar-refractivity contribution in [1.29, 1.82) is 0 Å². The topological polar surface area (TPSA) is 111 Å². The molecule has 1 fully saturated rings. The minimum atomic E-state index is -1.06. The first-order valence-electron chi connectivity index (χ1n) is 7.72. The van der Waals surface area contributed by atoms with Crippen molar-refractivity contribution >= 4 is 12.1 Å². The molecule has 0 aliphatic carbocycles. The zero-order chi connectivity index (χ0) is 15.7. The van der Waals surface area contributed by atoms with Gasteiger partial charge in [-0.25, -0.2) is 0 Å². The molecule has 6 unspecified atom stereocenters. The van der Waals surface area contributed by atoms with Gasteiger partial charge in [-0.05, 0) is 24.3 Å². The van der Waals surface area contributed by atoms with Gasteiger partial charge in [0.2, 0.25) is 5.91 Å². The highest BCUT2D eigenvalue weighted by Crippen LogP contribution is 2.29. The first kappa shape index (κ1) is 15.6. The van der Waals surface area contributed by atoms with Crippen molar-refractivity contribution in [3.63, 3.8) is 0 Å². The molecule has 7 heteroatoms. The van der Waals surface area contributed by atoms with Crippen LogP contribution < -0.4 is 5.32 Å². The van der Waals surface area contributed by atoms with Crippen LogP contribution in [0.1, 0.15) is 25.7 Å². The van der Waals surface area contributed by atoms with Gasteiger partial charge in [0.05, 0.1) is 12.7 Å². The van der Waals surface area contributed by atoms with E-state index in [1.165, 1.54) is 0 Å². The Bertz CT molecular complexity index is 492. The maximum absolute atomic E-state index is 11.9. The van der Waals surface area contributed by atoms with E-state index < -0.39 is 24.4 Å². The van der Waals surface area contributed by atoms with Gasteiger partial charge in [-0.1, -0.05) is 6.08 Å². The third kappa shape index (κ3) is 3.08. The fraction of sp³-hybridized carbons (Fsp3) is 0.733. The largest absolute Gasteiger partial charge is 0.394 e. The molecule has 4 N–H and O–H groups in total. The summed E-state index contributed by atoms with van der Waals surface area (Å²) in [4.78, 5) is 16.1. The first-order chi connectivity index (χ1) is 10.6. The lowest BCUT2D eigenvalue weighted by molar-refractivity contribution is -0.122. The number of nitrogens with one attached hydrogen (secondary N) is 1. The average molecular weight is 310 g/mol. The molecule has 3 aliphatic heterocycles. The maximum Gasteiger partial charge on any atom is 0.222 e. The Morgan fingerprint density at radius 2 is 2.05 bits per heavy atom. The molecule has 0 spiro atoms. The Morgan fingerprint density at radius 1 is 1.27 bits per heavy atom. The number of fused-ring (bicyclic) bond motifs is 1. The van der Waals surface area contributed by atoms with Gasteiger partial charge in [0.15, 0.2) is 0 Å². The summed E-state index contributed by atoms with van der Waals surface area (Å²) in [5, 5.41) is 31.7. The second-order valence-electron chi connectivity index (χ2n) is 6.17. The Hall–Kier alpha value is -1.28. The summed E-state index contributed by atoms with van der Waals surface area (Å²) in [6, 6.07) is 0. The smallest absolute Gasteiger partial charge is 0.222 e. The number of aliphatic hydroxyl groups is 3. The fourth-order valence-electron chi connectivity index (χ4n) is 3.35. The predicted octanol–water partition coefficient (Wildman–Crippen LogP) is -0.889. The van der Waals surface area contributed by atoms with Crippen LogP contribution in [0.5, 0.6) is 0 Å². The van der Waals surface area contributed by atoms with Crippen molar-refractivity contribution in [2.45, 2.75) is 56.3 Å². The molecule has 3 heterocycles. The summed E-state index contributed by atoms with van der Waals surface area (Å²) in [7, 11) is 0. The number of nitrogens with zero attached hydrogens (tertiary/aromatic N) is 1. The second kappa shape index (κ2) is 6.45.